The molecule has 0 atom stereocenters. The lowest BCUT2D eigenvalue weighted by molar-refractivity contribution is -0.136. The Hall–Kier alpha value is -5.72. The maximum Gasteiger partial charge on any atom is 0.311 e. The Bertz CT molecular complexity index is 1590. The first-order valence-corrected chi connectivity index (χ1v) is 13.8. The van der Waals surface area contributed by atoms with Crippen LogP contribution in [0.1, 0.15) is 52.6 Å². The van der Waals surface area contributed by atoms with Crippen LogP contribution in [0.5, 0.6) is 11.5 Å². The van der Waals surface area contributed by atoms with Crippen LogP contribution >= 0.6 is 0 Å². The summed E-state index contributed by atoms with van der Waals surface area (Å²) in [6.07, 6.45) is 3.97. The van der Waals surface area contributed by atoms with E-state index in [2.05, 4.69) is 12.1 Å². The van der Waals surface area contributed by atoms with E-state index in [0.29, 0.717) is 33.8 Å². The normalized spacial score (nSPS) is 11.3. The highest BCUT2D eigenvalue weighted by Gasteiger charge is 2.11. The molecule has 212 valence electrons. The fraction of sp³-hybridized carbons (Fsp3) is 0.135. The van der Waals surface area contributed by atoms with Gasteiger partial charge in [-0.1, -0.05) is 59.7 Å². The van der Waals surface area contributed by atoms with Crippen molar-refractivity contribution in [1.29, 1.82) is 10.5 Å². The number of benzene rings is 4. The third-order valence-electron chi connectivity index (χ3n) is 6.57. The van der Waals surface area contributed by atoms with E-state index in [0.717, 1.165) is 22.3 Å². The van der Waals surface area contributed by atoms with Crippen molar-refractivity contribution in [2.24, 2.45) is 0 Å². The molecule has 4 rings (SSSR count). The van der Waals surface area contributed by atoms with Gasteiger partial charge in [0.25, 0.3) is 0 Å². The number of carbonyl (C=O) groups excluding carboxylic acids is 2. The smallest absolute Gasteiger partial charge is 0.311 e. The van der Waals surface area contributed by atoms with Gasteiger partial charge in [-0.15, -0.1) is 0 Å². The second-order valence-corrected chi connectivity index (χ2v) is 10.0. The minimum Gasteiger partial charge on any atom is -0.427 e. The molecule has 0 N–H and O–H groups in total. The Labute approximate surface area is 251 Å². The maximum atomic E-state index is 12.3. The molecule has 0 heterocycles. The van der Waals surface area contributed by atoms with Crippen molar-refractivity contribution >= 4 is 35.2 Å². The number of ether oxygens (including phenoxy) is 2. The molecule has 0 aliphatic rings. The summed E-state index contributed by atoms with van der Waals surface area (Å²) in [6.45, 7) is 4.01. The molecular weight excluding hydrogens is 536 g/mol. The zero-order valence-electron chi connectivity index (χ0n) is 24.0. The molecule has 0 aliphatic carbocycles. The Morgan fingerprint density at radius 1 is 0.581 bits per heavy atom. The average molecular weight is 567 g/mol. The molecule has 4 aromatic carbocycles. The van der Waals surface area contributed by atoms with E-state index in [4.69, 9.17) is 9.47 Å². The Morgan fingerprint density at radius 3 is 1.26 bits per heavy atom. The van der Waals surface area contributed by atoms with Gasteiger partial charge >= 0.3 is 11.9 Å². The molecular formula is C37H30N2O4. The van der Waals surface area contributed by atoms with Crippen LogP contribution in [0.2, 0.25) is 0 Å². The average Bonchev–Trinajstić information content (AvgIpc) is 3.01. The molecule has 0 unspecified atom stereocenters. The van der Waals surface area contributed by atoms with Crippen LogP contribution in [0.3, 0.4) is 0 Å². The van der Waals surface area contributed by atoms with E-state index in [1.54, 1.807) is 60.7 Å². The van der Waals surface area contributed by atoms with Crippen molar-refractivity contribution in [2.75, 3.05) is 0 Å². The van der Waals surface area contributed by atoms with E-state index in [1.807, 2.05) is 62.4 Å². The largest absolute Gasteiger partial charge is 0.427 e. The van der Waals surface area contributed by atoms with Crippen molar-refractivity contribution < 1.29 is 19.1 Å². The van der Waals surface area contributed by atoms with Gasteiger partial charge in [0.05, 0.1) is 23.3 Å². The van der Waals surface area contributed by atoms with Crippen molar-refractivity contribution in [2.45, 2.75) is 33.1 Å². The van der Waals surface area contributed by atoms with Crippen molar-refractivity contribution in [3.8, 4) is 23.6 Å². The fourth-order valence-electron chi connectivity index (χ4n) is 4.17. The highest BCUT2D eigenvalue weighted by Crippen LogP contribution is 2.23. The number of nitrogens with zero attached hydrogens (tertiary/aromatic N) is 2. The highest BCUT2D eigenvalue weighted by molar-refractivity contribution is 5.90. The molecule has 0 fully saturated rings. The lowest BCUT2D eigenvalue weighted by Crippen LogP contribution is -2.11. The van der Waals surface area contributed by atoms with Gasteiger partial charge in [-0.2, -0.15) is 10.5 Å². The molecule has 0 saturated heterocycles. The van der Waals surface area contributed by atoms with Crippen LogP contribution in [0, 0.1) is 36.5 Å². The van der Waals surface area contributed by atoms with E-state index in [-0.39, 0.29) is 19.3 Å². The first kappa shape index (κ1) is 30.2. The molecule has 0 amide bonds. The molecule has 43 heavy (non-hydrogen) atoms. The zero-order valence-corrected chi connectivity index (χ0v) is 24.0. The van der Waals surface area contributed by atoms with Gasteiger partial charge in [0, 0.05) is 12.8 Å². The Morgan fingerprint density at radius 2 is 0.930 bits per heavy atom. The summed E-state index contributed by atoms with van der Waals surface area (Å²) in [5, 5.41) is 19.2. The molecule has 0 aliphatic heterocycles. The topological polar surface area (TPSA) is 100 Å². The maximum absolute atomic E-state index is 12.3. The molecule has 0 radical (unpaired) electrons. The lowest BCUT2D eigenvalue weighted by Gasteiger charge is -2.07. The van der Waals surface area contributed by atoms with Gasteiger partial charge in [0.2, 0.25) is 0 Å². The first-order chi connectivity index (χ1) is 20.8. The minimum atomic E-state index is -0.468. The predicted molar refractivity (Wildman–Crippen MR) is 167 cm³/mol. The summed E-state index contributed by atoms with van der Waals surface area (Å²) in [4.78, 5) is 24.6. The van der Waals surface area contributed by atoms with Gasteiger partial charge in [0.1, 0.15) is 11.5 Å². The molecule has 0 saturated carbocycles. The summed E-state index contributed by atoms with van der Waals surface area (Å²) in [5.41, 5.74) is 6.55. The van der Waals surface area contributed by atoms with Crippen molar-refractivity contribution in [3.05, 3.63) is 130 Å². The second kappa shape index (κ2) is 14.8. The summed E-state index contributed by atoms with van der Waals surface area (Å²) in [5.74, 6) is -0.218. The second-order valence-electron chi connectivity index (χ2n) is 10.0. The highest BCUT2D eigenvalue weighted by atomic mass is 16.5. The molecule has 4 aromatic rings. The standard InChI is InChI=1S/C37H30N2O4/c1-26-6-10-28(11-7-26)22-32(24-38)30-14-18-34(19-15-30)42-36(40)4-3-5-37(41)43-35-20-16-31(17-21-35)33(25-39)23-29-12-8-27(2)9-13-29/h6-23H,3-5H2,1-2H3/b32-22-,33-23+. The number of allylic oxidation sites excluding steroid dienone is 2. The lowest BCUT2D eigenvalue weighted by atomic mass is 10.0. The van der Waals surface area contributed by atoms with Crippen LogP contribution in [-0.2, 0) is 9.59 Å². The SMILES string of the molecule is Cc1ccc(/C=C(\C#N)c2ccc(OC(=O)CCCC(=O)Oc3ccc(/C(C#N)=C\c4ccc(C)cc4)cc3)cc2)cc1. The summed E-state index contributed by atoms with van der Waals surface area (Å²) < 4.78 is 10.8. The Kier molecular flexibility index (Phi) is 10.4. The monoisotopic (exact) mass is 566 g/mol. The van der Waals surface area contributed by atoms with E-state index in [9.17, 15) is 20.1 Å². The first-order valence-electron chi connectivity index (χ1n) is 13.8. The van der Waals surface area contributed by atoms with Crippen LogP contribution in [0.15, 0.2) is 97.1 Å². The summed E-state index contributed by atoms with van der Waals surface area (Å²) >= 11 is 0. The van der Waals surface area contributed by atoms with Crippen LogP contribution in [-0.4, -0.2) is 11.9 Å². The quantitative estimate of drug-likeness (QED) is 0.0832. The van der Waals surface area contributed by atoms with Gasteiger partial charge < -0.3 is 9.47 Å². The van der Waals surface area contributed by atoms with Crippen molar-refractivity contribution in [3.63, 3.8) is 0 Å². The molecule has 6 heteroatoms. The number of carbonyl (C=O) groups is 2. The molecule has 0 aromatic heterocycles. The van der Waals surface area contributed by atoms with Gasteiger partial charge in [0.15, 0.2) is 0 Å². The van der Waals surface area contributed by atoms with Gasteiger partial charge in [-0.25, -0.2) is 0 Å². The minimum absolute atomic E-state index is 0.0435. The number of hydrogen-bond donors (Lipinski definition) is 0. The van der Waals surface area contributed by atoms with Gasteiger partial charge in [-0.3, -0.25) is 9.59 Å². The third-order valence-corrected chi connectivity index (χ3v) is 6.57. The molecule has 0 bridgehead atoms. The van der Waals surface area contributed by atoms with Crippen LogP contribution in [0.25, 0.3) is 23.3 Å². The third kappa shape index (κ3) is 9.14. The van der Waals surface area contributed by atoms with Crippen molar-refractivity contribution in [1.82, 2.24) is 0 Å². The van der Waals surface area contributed by atoms with Crippen LogP contribution in [0.4, 0.5) is 0 Å². The number of nitriles is 2. The molecule has 0 spiro atoms. The van der Waals surface area contributed by atoms with E-state index < -0.39 is 11.9 Å². The predicted octanol–water partition coefficient (Wildman–Crippen LogP) is 8.11. The number of hydrogen-bond acceptors (Lipinski definition) is 6. The number of aryl methyl sites for hydroxylation is 2. The number of esters is 2. The number of rotatable bonds is 10. The van der Waals surface area contributed by atoms with Crippen LogP contribution < -0.4 is 9.47 Å². The molecule has 6 nitrogen and oxygen atoms in total. The van der Waals surface area contributed by atoms with E-state index >= 15 is 0 Å². The summed E-state index contributed by atoms with van der Waals surface area (Å²) in [7, 11) is 0. The van der Waals surface area contributed by atoms with E-state index in [1.165, 1.54) is 0 Å². The fourth-order valence-corrected chi connectivity index (χ4v) is 4.17. The Balaban J connectivity index is 1.23. The zero-order chi connectivity index (χ0) is 30.6. The van der Waals surface area contributed by atoms with Gasteiger partial charge in [-0.05, 0) is 103 Å². The summed E-state index contributed by atoms with van der Waals surface area (Å²) in [6, 6.07) is 33.6.